The number of hydrogen-bond donors (Lipinski definition) is 1. The number of aromatic nitrogens is 4. The lowest BCUT2D eigenvalue weighted by Crippen LogP contribution is -2.45. The molecular formula is C18H22N6O2S. The summed E-state index contributed by atoms with van der Waals surface area (Å²) in [5.41, 5.74) is 0.775. The Morgan fingerprint density at radius 2 is 2.15 bits per heavy atom. The molecule has 4 rings (SSSR count). The molecule has 0 bridgehead atoms. The van der Waals surface area contributed by atoms with Crippen molar-refractivity contribution in [2.45, 2.75) is 32.6 Å². The lowest BCUT2D eigenvalue weighted by atomic mass is 10.2. The van der Waals surface area contributed by atoms with Gasteiger partial charge in [0.15, 0.2) is 5.65 Å². The molecule has 1 amide bonds. The van der Waals surface area contributed by atoms with Crippen LogP contribution in [-0.4, -0.2) is 57.5 Å². The smallest absolute Gasteiger partial charge is 0.261 e. The van der Waals surface area contributed by atoms with Gasteiger partial charge in [0.05, 0.1) is 35.2 Å². The van der Waals surface area contributed by atoms with Crippen LogP contribution in [0.2, 0.25) is 0 Å². The Kier molecular flexibility index (Phi) is 5.04. The highest BCUT2D eigenvalue weighted by molar-refractivity contribution is 7.12. The van der Waals surface area contributed by atoms with Crippen LogP contribution >= 0.6 is 11.3 Å². The van der Waals surface area contributed by atoms with Crippen molar-refractivity contribution in [3.05, 3.63) is 34.9 Å². The van der Waals surface area contributed by atoms with E-state index in [4.69, 9.17) is 4.74 Å². The zero-order valence-corrected chi connectivity index (χ0v) is 16.1. The largest absolute Gasteiger partial charge is 0.372 e. The molecule has 0 spiro atoms. The monoisotopic (exact) mass is 386 g/mol. The lowest BCUT2D eigenvalue weighted by molar-refractivity contribution is -0.00537. The minimum atomic E-state index is -0.0620. The maximum absolute atomic E-state index is 12.0. The fourth-order valence-corrected chi connectivity index (χ4v) is 4.06. The highest BCUT2D eigenvalue weighted by Gasteiger charge is 2.25. The van der Waals surface area contributed by atoms with Crippen LogP contribution in [0, 0.1) is 0 Å². The van der Waals surface area contributed by atoms with Gasteiger partial charge in [-0.25, -0.2) is 14.6 Å². The summed E-state index contributed by atoms with van der Waals surface area (Å²) in [6.07, 6.45) is 3.68. The van der Waals surface area contributed by atoms with Gasteiger partial charge < -0.3 is 15.0 Å². The van der Waals surface area contributed by atoms with Crippen LogP contribution in [0.1, 0.15) is 23.5 Å². The standard InChI is InChI=1S/C18H22N6O2S/c1-12-9-23(10-13(2)26-12)16-14-8-22-24(17(14)21-11-20-16)6-5-19-18(25)15-4-3-7-27-15/h3-4,7-8,11-13H,5-6,9-10H2,1-2H3,(H,19,25)/t12-,13+. The number of nitrogens with zero attached hydrogens (tertiary/aromatic N) is 5. The molecule has 0 saturated carbocycles. The third-order valence-electron chi connectivity index (χ3n) is 4.49. The van der Waals surface area contributed by atoms with Gasteiger partial charge in [0.25, 0.3) is 5.91 Å². The molecule has 1 N–H and O–H groups in total. The van der Waals surface area contributed by atoms with Crippen LogP contribution in [0.5, 0.6) is 0 Å². The van der Waals surface area contributed by atoms with E-state index in [1.165, 1.54) is 11.3 Å². The van der Waals surface area contributed by atoms with Crippen LogP contribution in [0.15, 0.2) is 30.0 Å². The second-order valence-corrected chi connectivity index (χ2v) is 7.65. The number of fused-ring (bicyclic) bond motifs is 1. The summed E-state index contributed by atoms with van der Waals surface area (Å²) >= 11 is 1.43. The van der Waals surface area contributed by atoms with Crippen molar-refractivity contribution in [3.63, 3.8) is 0 Å². The van der Waals surface area contributed by atoms with E-state index in [0.29, 0.717) is 18.0 Å². The van der Waals surface area contributed by atoms with Gasteiger partial charge in [0.1, 0.15) is 12.1 Å². The van der Waals surface area contributed by atoms with Gasteiger partial charge in [-0.05, 0) is 25.3 Å². The number of ether oxygens (including phenoxy) is 1. The first-order valence-corrected chi connectivity index (χ1v) is 9.88. The van der Waals surface area contributed by atoms with Gasteiger partial charge >= 0.3 is 0 Å². The number of hydrogen-bond acceptors (Lipinski definition) is 7. The number of rotatable bonds is 5. The first kappa shape index (κ1) is 17.9. The molecule has 0 aromatic carbocycles. The van der Waals surface area contributed by atoms with E-state index in [1.54, 1.807) is 12.5 Å². The van der Waals surface area contributed by atoms with E-state index in [2.05, 4.69) is 39.1 Å². The van der Waals surface area contributed by atoms with Crippen molar-refractivity contribution in [2.24, 2.45) is 0 Å². The Morgan fingerprint density at radius 1 is 1.33 bits per heavy atom. The highest BCUT2D eigenvalue weighted by Crippen LogP contribution is 2.25. The normalized spacial score (nSPS) is 20.1. The Bertz CT molecular complexity index is 915. The Labute approximate surface area is 161 Å². The molecule has 4 heterocycles. The molecule has 0 aliphatic carbocycles. The predicted molar refractivity (Wildman–Crippen MR) is 104 cm³/mol. The van der Waals surface area contributed by atoms with E-state index < -0.39 is 0 Å². The van der Waals surface area contributed by atoms with E-state index in [9.17, 15) is 4.79 Å². The molecule has 0 unspecified atom stereocenters. The molecular weight excluding hydrogens is 364 g/mol. The average molecular weight is 386 g/mol. The summed E-state index contributed by atoms with van der Waals surface area (Å²) in [6.45, 7) is 6.75. The number of morpholine rings is 1. The molecule has 1 aliphatic heterocycles. The Hall–Kier alpha value is -2.52. The number of carbonyl (C=O) groups is 1. The van der Waals surface area contributed by atoms with Crippen molar-refractivity contribution in [1.29, 1.82) is 0 Å². The maximum atomic E-state index is 12.0. The SMILES string of the molecule is C[C@@H]1CN(c2ncnc3c2cnn3CCNC(=O)c2cccs2)C[C@H](C)O1. The zero-order valence-electron chi connectivity index (χ0n) is 15.3. The third kappa shape index (κ3) is 3.79. The Morgan fingerprint density at radius 3 is 2.89 bits per heavy atom. The molecule has 27 heavy (non-hydrogen) atoms. The second kappa shape index (κ2) is 7.61. The first-order valence-electron chi connectivity index (χ1n) is 9.00. The van der Waals surface area contributed by atoms with Crippen molar-refractivity contribution in [2.75, 3.05) is 24.5 Å². The minimum absolute atomic E-state index is 0.0620. The molecule has 1 saturated heterocycles. The molecule has 8 nitrogen and oxygen atoms in total. The Balaban J connectivity index is 1.48. The zero-order chi connectivity index (χ0) is 18.8. The summed E-state index contributed by atoms with van der Waals surface area (Å²) in [6, 6.07) is 3.68. The number of thiophene rings is 1. The van der Waals surface area contributed by atoms with E-state index in [0.717, 1.165) is 29.9 Å². The first-order chi connectivity index (χ1) is 13.1. The summed E-state index contributed by atoms with van der Waals surface area (Å²) in [5.74, 6) is 0.823. The van der Waals surface area contributed by atoms with E-state index in [1.807, 2.05) is 22.2 Å². The van der Waals surface area contributed by atoms with Gasteiger partial charge in [-0.2, -0.15) is 5.10 Å². The molecule has 0 radical (unpaired) electrons. The predicted octanol–water partition coefficient (Wildman–Crippen LogP) is 1.93. The van der Waals surface area contributed by atoms with Crippen molar-refractivity contribution in [3.8, 4) is 0 Å². The third-order valence-corrected chi connectivity index (χ3v) is 5.35. The molecule has 3 aromatic heterocycles. The topological polar surface area (TPSA) is 85.2 Å². The fraction of sp³-hybridized carbons (Fsp3) is 0.444. The summed E-state index contributed by atoms with van der Waals surface area (Å²) in [7, 11) is 0. The van der Waals surface area contributed by atoms with Crippen molar-refractivity contribution >= 4 is 34.1 Å². The van der Waals surface area contributed by atoms with Crippen LogP contribution in [-0.2, 0) is 11.3 Å². The summed E-state index contributed by atoms with van der Waals surface area (Å²) < 4.78 is 7.62. The summed E-state index contributed by atoms with van der Waals surface area (Å²) in [4.78, 5) is 23.9. The van der Waals surface area contributed by atoms with Crippen LogP contribution in [0.3, 0.4) is 0 Å². The number of amides is 1. The van der Waals surface area contributed by atoms with Gasteiger partial charge in [-0.3, -0.25) is 4.79 Å². The van der Waals surface area contributed by atoms with Crippen molar-refractivity contribution < 1.29 is 9.53 Å². The van der Waals surface area contributed by atoms with Gasteiger partial charge in [-0.15, -0.1) is 11.3 Å². The van der Waals surface area contributed by atoms with E-state index in [-0.39, 0.29) is 18.1 Å². The molecule has 1 fully saturated rings. The van der Waals surface area contributed by atoms with Crippen molar-refractivity contribution in [1.82, 2.24) is 25.1 Å². The fourth-order valence-electron chi connectivity index (χ4n) is 3.42. The lowest BCUT2D eigenvalue weighted by Gasteiger charge is -2.36. The van der Waals surface area contributed by atoms with Gasteiger partial charge in [-0.1, -0.05) is 6.07 Å². The number of carbonyl (C=O) groups excluding carboxylic acids is 1. The molecule has 142 valence electrons. The number of anilines is 1. The van der Waals surface area contributed by atoms with Crippen LogP contribution < -0.4 is 10.2 Å². The minimum Gasteiger partial charge on any atom is -0.372 e. The number of nitrogens with one attached hydrogen (secondary N) is 1. The summed E-state index contributed by atoms with van der Waals surface area (Å²) in [5, 5.41) is 10.2. The second-order valence-electron chi connectivity index (χ2n) is 6.70. The van der Waals surface area contributed by atoms with Gasteiger partial charge in [0, 0.05) is 19.6 Å². The van der Waals surface area contributed by atoms with Crippen LogP contribution in [0.25, 0.3) is 11.0 Å². The molecule has 9 heteroatoms. The molecule has 2 atom stereocenters. The van der Waals surface area contributed by atoms with E-state index >= 15 is 0 Å². The molecule has 3 aromatic rings. The quantitative estimate of drug-likeness (QED) is 0.721. The maximum Gasteiger partial charge on any atom is 0.261 e. The highest BCUT2D eigenvalue weighted by atomic mass is 32.1. The molecule has 1 aliphatic rings. The average Bonchev–Trinajstić information content (AvgIpc) is 3.30. The van der Waals surface area contributed by atoms with Crippen LogP contribution in [0.4, 0.5) is 5.82 Å². The van der Waals surface area contributed by atoms with Gasteiger partial charge in [0.2, 0.25) is 0 Å².